The van der Waals surface area contributed by atoms with E-state index in [4.69, 9.17) is 15.6 Å². The molecule has 2 fully saturated rings. The number of benzene rings is 3. The van der Waals surface area contributed by atoms with E-state index in [0.717, 1.165) is 39.9 Å². The van der Waals surface area contributed by atoms with Crippen molar-refractivity contribution in [2.24, 2.45) is 16.8 Å². The first-order valence-corrected chi connectivity index (χ1v) is 15.8. The standard InChI is InChI=1S/C21H24F2N2O.C13H19NOS/c1-15-2-4-16(5-3-15)17-6-8-18(9-7-17)21(22,23)14-20(26)25-12-10-19(24)11-13-25;14-16-13-8-6-12(7-9-13)15-10-11-4-2-1-3-5-11/h2-9,19H,10-14,24H2,1H3;6-9,11H,1-5,10,14H2. The van der Waals surface area contributed by atoms with E-state index < -0.39 is 18.3 Å². The number of rotatable bonds is 8. The first-order chi connectivity index (χ1) is 20.2. The number of likely N-dealkylation sites (tertiary alicyclic amines) is 1. The quantitative estimate of drug-likeness (QED) is 0.261. The number of nitrogens with zero attached hydrogens (tertiary/aromatic N) is 1. The highest BCUT2D eigenvalue weighted by Gasteiger charge is 2.36. The monoisotopic (exact) mass is 595 g/mol. The summed E-state index contributed by atoms with van der Waals surface area (Å²) in [6, 6.07) is 22.1. The van der Waals surface area contributed by atoms with Crippen molar-refractivity contribution in [2.45, 2.75) is 75.2 Å². The molecular formula is C34H43F2N3O2S. The zero-order valence-electron chi connectivity index (χ0n) is 24.4. The molecule has 0 aromatic heterocycles. The molecule has 5 rings (SSSR count). The van der Waals surface area contributed by atoms with Crippen molar-refractivity contribution in [2.75, 3.05) is 19.7 Å². The third kappa shape index (κ3) is 9.54. The number of hydrogen-bond acceptors (Lipinski definition) is 5. The fraction of sp³-hybridized carbons (Fsp3) is 0.441. The summed E-state index contributed by atoms with van der Waals surface area (Å²) < 4.78 is 34.9. The molecule has 1 amide bonds. The summed E-state index contributed by atoms with van der Waals surface area (Å²) in [7, 11) is 0. The van der Waals surface area contributed by atoms with E-state index in [2.05, 4.69) is 0 Å². The predicted octanol–water partition coefficient (Wildman–Crippen LogP) is 7.71. The highest BCUT2D eigenvalue weighted by Crippen LogP contribution is 2.34. The molecule has 1 aliphatic carbocycles. The van der Waals surface area contributed by atoms with Crippen molar-refractivity contribution in [3.05, 3.63) is 83.9 Å². The molecule has 0 radical (unpaired) electrons. The van der Waals surface area contributed by atoms with Crippen molar-refractivity contribution in [3.8, 4) is 16.9 Å². The van der Waals surface area contributed by atoms with Crippen LogP contribution in [0.3, 0.4) is 0 Å². The Kier molecular flexibility index (Phi) is 11.8. The molecule has 5 nitrogen and oxygen atoms in total. The molecule has 2 aliphatic rings. The number of nitrogens with two attached hydrogens (primary N) is 2. The lowest BCUT2D eigenvalue weighted by molar-refractivity contribution is -0.140. The number of hydrogen-bond donors (Lipinski definition) is 2. The zero-order valence-corrected chi connectivity index (χ0v) is 25.3. The summed E-state index contributed by atoms with van der Waals surface area (Å²) in [5, 5.41) is 5.47. The largest absolute Gasteiger partial charge is 0.493 e. The Balaban J connectivity index is 0.000000216. The Bertz CT molecular complexity index is 1240. The molecule has 3 aromatic rings. The van der Waals surface area contributed by atoms with Crippen molar-refractivity contribution in [1.29, 1.82) is 0 Å². The van der Waals surface area contributed by atoms with Crippen LogP contribution in [0, 0.1) is 12.8 Å². The second kappa shape index (κ2) is 15.5. The molecule has 3 aromatic carbocycles. The summed E-state index contributed by atoms with van der Waals surface area (Å²) in [5.74, 6) is -1.96. The van der Waals surface area contributed by atoms with Crippen LogP contribution in [0.25, 0.3) is 11.1 Å². The molecule has 1 saturated carbocycles. The minimum absolute atomic E-state index is 0.0638. The van der Waals surface area contributed by atoms with Crippen molar-refractivity contribution < 1.29 is 18.3 Å². The number of piperidine rings is 1. The van der Waals surface area contributed by atoms with Gasteiger partial charge in [0.2, 0.25) is 5.91 Å². The highest BCUT2D eigenvalue weighted by molar-refractivity contribution is 7.97. The van der Waals surface area contributed by atoms with Crippen LogP contribution in [0.1, 0.15) is 62.5 Å². The van der Waals surface area contributed by atoms with Gasteiger partial charge in [0.05, 0.1) is 13.0 Å². The van der Waals surface area contributed by atoms with Crippen molar-refractivity contribution in [3.63, 3.8) is 0 Å². The first-order valence-electron chi connectivity index (χ1n) is 14.9. The molecule has 1 heterocycles. The topological polar surface area (TPSA) is 81.6 Å². The number of ether oxygens (including phenoxy) is 1. The van der Waals surface area contributed by atoms with Crippen LogP contribution < -0.4 is 15.6 Å². The fourth-order valence-corrected chi connectivity index (χ4v) is 5.68. The van der Waals surface area contributed by atoms with E-state index >= 15 is 0 Å². The predicted molar refractivity (Wildman–Crippen MR) is 167 cm³/mol. The molecule has 0 spiro atoms. The maximum absolute atomic E-state index is 14.6. The van der Waals surface area contributed by atoms with E-state index in [1.165, 1.54) is 61.1 Å². The summed E-state index contributed by atoms with van der Waals surface area (Å²) in [5.41, 5.74) is 8.67. The minimum atomic E-state index is -3.18. The third-order valence-corrected chi connectivity index (χ3v) is 8.67. The van der Waals surface area contributed by atoms with Gasteiger partial charge in [-0.05, 0) is 85.9 Å². The Morgan fingerprint density at radius 2 is 1.45 bits per heavy atom. The second-order valence-corrected chi connectivity index (χ2v) is 12.2. The smallest absolute Gasteiger partial charge is 0.281 e. The van der Waals surface area contributed by atoms with Gasteiger partial charge in [-0.2, -0.15) is 0 Å². The lowest BCUT2D eigenvalue weighted by Gasteiger charge is -2.31. The van der Waals surface area contributed by atoms with Crippen LogP contribution in [0.5, 0.6) is 5.75 Å². The van der Waals surface area contributed by atoms with Gasteiger partial charge in [0.15, 0.2) is 0 Å². The molecular weight excluding hydrogens is 552 g/mol. The summed E-state index contributed by atoms with van der Waals surface area (Å²) >= 11 is 1.27. The fourth-order valence-electron chi connectivity index (χ4n) is 5.39. The number of carbonyl (C=O) groups is 1. The average molecular weight is 596 g/mol. The van der Waals surface area contributed by atoms with Gasteiger partial charge in [0.25, 0.3) is 5.92 Å². The first kappa shape index (κ1) is 32.0. The van der Waals surface area contributed by atoms with E-state index in [1.54, 1.807) is 12.1 Å². The molecule has 42 heavy (non-hydrogen) atoms. The SMILES string of the molecule is Cc1ccc(-c2ccc(C(F)(F)CC(=O)N3CCC(N)CC3)cc2)cc1.NSc1ccc(OCC2CCCCC2)cc1. The van der Waals surface area contributed by atoms with E-state index in [-0.39, 0.29) is 11.6 Å². The van der Waals surface area contributed by atoms with Crippen LogP contribution in [0.4, 0.5) is 8.78 Å². The Morgan fingerprint density at radius 1 is 0.881 bits per heavy atom. The summed E-state index contributed by atoms with van der Waals surface area (Å²) in [6.07, 6.45) is 7.34. The molecule has 0 unspecified atom stereocenters. The third-order valence-electron chi connectivity index (χ3n) is 8.13. The minimum Gasteiger partial charge on any atom is -0.493 e. The Morgan fingerprint density at radius 3 is 2.02 bits per heavy atom. The average Bonchev–Trinajstić information content (AvgIpc) is 3.02. The van der Waals surface area contributed by atoms with E-state index in [0.29, 0.717) is 25.9 Å². The van der Waals surface area contributed by atoms with E-state index in [1.807, 2.05) is 55.5 Å². The molecule has 1 aliphatic heterocycles. The number of amides is 1. The number of carbonyl (C=O) groups excluding carboxylic acids is 1. The second-order valence-electron chi connectivity index (χ2n) is 11.4. The van der Waals surface area contributed by atoms with Gasteiger partial charge >= 0.3 is 0 Å². The van der Waals surface area contributed by atoms with Gasteiger partial charge in [-0.25, -0.2) is 8.78 Å². The molecule has 0 atom stereocenters. The molecule has 1 saturated heterocycles. The van der Waals surface area contributed by atoms with Crippen LogP contribution >= 0.6 is 11.9 Å². The van der Waals surface area contributed by atoms with Crippen molar-refractivity contribution in [1.82, 2.24) is 4.90 Å². The summed E-state index contributed by atoms with van der Waals surface area (Å²) in [4.78, 5) is 14.8. The molecule has 0 bridgehead atoms. The van der Waals surface area contributed by atoms with Crippen LogP contribution in [0.2, 0.25) is 0 Å². The van der Waals surface area contributed by atoms with Crippen molar-refractivity contribution >= 4 is 17.9 Å². The maximum Gasteiger partial charge on any atom is 0.281 e. The van der Waals surface area contributed by atoms with Gasteiger partial charge in [0, 0.05) is 29.6 Å². The zero-order chi connectivity index (χ0) is 30.0. The number of halogens is 2. The highest BCUT2D eigenvalue weighted by atomic mass is 32.2. The number of aryl methyl sites for hydroxylation is 1. The lowest BCUT2D eigenvalue weighted by atomic mass is 9.90. The van der Waals surface area contributed by atoms with Gasteiger partial charge in [-0.1, -0.05) is 73.4 Å². The van der Waals surface area contributed by atoms with Gasteiger partial charge in [-0.3, -0.25) is 9.93 Å². The summed E-state index contributed by atoms with van der Waals surface area (Å²) in [6.45, 7) is 3.79. The normalized spacial score (nSPS) is 16.5. The molecule has 8 heteroatoms. The Labute approximate surface area is 253 Å². The van der Waals surface area contributed by atoms with Gasteiger partial charge < -0.3 is 15.4 Å². The van der Waals surface area contributed by atoms with Crippen LogP contribution in [-0.2, 0) is 10.7 Å². The van der Waals surface area contributed by atoms with Gasteiger partial charge in [-0.15, -0.1) is 0 Å². The van der Waals surface area contributed by atoms with Gasteiger partial charge in [0.1, 0.15) is 5.75 Å². The van der Waals surface area contributed by atoms with Crippen LogP contribution in [-0.4, -0.2) is 36.5 Å². The maximum atomic E-state index is 14.6. The molecule has 226 valence electrons. The number of alkyl halides is 2. The molecule has 4 N–H and O–H groups in total. The lowest BCUT2D eigenvalue weighted by Crippen LogP contribution is -2.44. The van der Waals surface area contributed by atoms with E-state index in [9.17, 15) is 13.6 Å². The van der Waals surface area contributed by atoms with Crippen LogP contribution in [0.15, 0.2) is 77.7 Å². The Hall–Kier alpha value is -2.94.